The van der Waals surface area contributed by atoms with Gasteiger partial charge < -0.3 is 15.4 Å². The van der Waals surface area contributed by atoms with Crippen LogP contribution in [0.5, 0.6) is 0 Å². The van der Waals surface area contributed by atoms with E-state index < -0.39 is 29.6 Å². The molecule has 0 aliphatic carbocycles. The van der Waals surface area contributed by atoms with Crippen molar-refractivity contribution < 1.29 is 23.9 Å². The second kappa shape index (κ2) is 8.34. The number of nitrogens with zero attached hydrogens (tertiary/aromatic N) is 2. The van der Waals surface area contributed by atoms with Crippen molar-refractivity contribution in [2.24, 2.45) is 0 Å². The van der Waals surface area contributed by atoms with E-state index in [2.05, 4.69) is 15.6 Å². The number of imide groups is 1. The van der Waals surface area contributed by atoms with Gasteiger partial charge in [-0.25, -0.2) is 9.78 Å². The summed E-state index contributed by atoms with van der Waals surface area (Å²) in [6.07, 6.45) is 0.637. The number of ether oxygens (including phenoxy) is 1. The molecule has 1 atom stereocenters. The Labute approximate surface area is 161 Å². The third-order valence-corrected chi connectivity index (χ3v) is 4.20. The molecule has 146 valence electrons. The lowest BCUT2D eigenvalue weighted by Gasteiger charge is -2.16. The van der Waals surface area contributed by atoms with E-state index in [-0.39, 0.29) is 30.4 Å². The summed E-state index contributed by atoms with van der Waals surface area (Å²) in [5, 5.41) is 5.20. The van der Waals surface area contributed by atoms with Crippen molar-refractivity contribution >= 4 is 41.1 Å². The van der Waals surface area contributed by atoms with Gasteiger partial charge in [0.25, 0.3) is 11.8 Å². The van der Waals surface area contributed by atoms with Gasteiger partial charge in [-0.3, -0.25) is 19.3 Å². The molecule has 1 saturated heterocycles. The molecule has 1 aliphatic heterocycles. The average molecular weight is 397 g/mol. The molecule has 1 aliphatic rings. The zero-order valence-corrected chi connectivity index (χ0v) is 16.0. The zero-order chi connectivity index (χ0) is 20.2. The van der Waals surface area contributed by atoms with Crippen molar-refractivity contribution in [1.29, 1.82) is 0 Å². The summed E-state index contributed by atoms with van der Waals surface area (Å²) in [6.45, 7) is 4.74. The van der Waals surface area contributed by atoms with Crippen LogP contribution in [0.3, 0.4) is 0 Å². The minimum Gasteiger partial charge on any atom is -0.453 e. The second-order valence-electron chi connectivity index (χ2n) is 6.58. The number of amides is 4. The molecular formula is C17H21ClN4O5. The summed E-state index contributed by atoms with van der Waals surface area (Å²) in [5.41, 5.74) is -0.633. The number of carbonyl (C=O) groups is 4. The Morgan fingerprint density at radius 2 is 2.11 bits per heavy atom. The van der Waals surface area contributed by atoms with E-state index in [1.807, 2.05) is 0 Å². The Balaban J connectivity index is 1.77. The molecule has 27 heavy (non-hydrogen) atoms. The fraction of sp³-hybridized carbons (Fsp3) is 0.471. The van der Waals surface area contributed by atoms with Crippen molar-refractivity contribution in [2.75, 3.05) is 11.9 Å². The number of pyridine rings is 1. The Morgan fingerprint density at radius 1 is 1.41 bits per heavy atom. The van der Waals surface area contributed by atoms with Gasteiger partial charge >= 0.3 is 12.0 Å². The highest BCUT2D eigenvalue weighted by molar-refractivity contribution is 6.32. The number of aromatic nitrogens is 1. The lowest BCUT2D eigenvalue weighted by molar-refractivity contribution is -0.153. The number of carbonyl (C=O) groups excluding carboxylic acids is 4. The second-order valence-corrected chi connectivity index (χ2v) is 6.94. The van der Waals surface area contributed by atoms with Crippen molar-refractivity contribution in [2.45, 2.75) is 45.3 Å². The molecule has 1 aromatic heterocycles. The number of nitrogens with one attached hydrogen (secondary N) is 2. The van der Waals surface area contributed by atoms with Crippen LogP contribution >= 0.6 is 11.6 Å². The predicted octanol–water partition coefficient (Wildman–Crippen LogP) is 1.72. The predicted molar refractivity (Wildman–Crippen MR) is 97.0 cm³/mol. The highest BCUT2D eigenvalue weighted by Crippen LogP contribution is 2.18. The van der Waals surface area contributed by atoms with Crippen LogP contribution in [0.2, 0.25) is 5.15 Å². The summed E-state index contributed by atoms with van der Waals surface area (Å²) >= 11 is 5.85. The monoisotopic (exact) mass is 396 g/mol. The quantitative estimate of drug-likeness (QED) is 0.411. The smallest absolute Gasteiger partial charge is 0.325 e. The Morgan fingerprint density at radius 3 is 2.70 bits per heavy atom. The molecule has 0 aromatic carbocycles. The van der Waals surface area contributed by atoms with Gasteiger partial charge in [-0.15, -0.1) is 0 Å². The molecule has 10 heteroatoms. The van der Waals surface area contributed by atoms with Crippen molar-refractivity contribution in [3.63, 3.8) is 0 Å². The summed E-state index contributed by atoms with van der Waals surface area (Å²) in [5.74, 6) is -1.50. The zero-order valence-electron chi connectivity index (χ0n) is 15.2. The highest BCUT2D eigenvalue weighted by Gasteiger charge is 2.43. The largest absolute Gasteiger partial charge is 0.453 e. The van der Waals surface area contributed by atoms with E-state index in [1.54, 1.807) is 26.0 Å². The fourth-order valence-corrected chi connectivity index (χ4v) is 2.59. The first-order valence-corrected chi connectivity index (χ1v) is 8.74. The lowest BCUT2D eigenvalue weighted by Crippen LogP contribution is -2.40. The molecule has 1 aromatic rings. The van der Waals surface area contributed by atoms with E-state index in [0.29, 0.717) is 5.69 Å². The van der Waals surface area contributed by atoms with Crippen molar-refractivity contribution in [3.05, 3.63) is 23.5 Å². The number of rotatable bonds is 7. The molecule has 0 unspecified atom stereocenters. The van der Waals surface area contributed by atoms with E-state index in [1.165, 1.54) is 13.1 Å². The summed E-state index contributed by atoms with van der Waals surface area (Å²) < 4.78 is 5.07. The van der Waals surface area contributed by atoms with Crippen LogP contribution in [0.1, 0.15) is 33.6 Å². The fourth-order valence-electron chi connectivity index (χ4n) is 2.43. The Hall–Kier alpha value is -2.68. The third-order valence-electron chi connectivity index (χ3n) is 3.90. The summed E-state index contributed by atoms with van der Waals surface area (Å²) in [6, 6.07) is 2.69. The Bertz CT molecular complexity index is 767. The van der Waals surface area contributed by atoms with Gasteiger partial charge in [0.15, 0.2) is 11.3 Å². The van der Waals surface area contributed by atoms with Crippen LogP contribution in [0.4, 0.5) is 10.5 Å². The van der Waals surface area contributed by atoms with E-state index in [9.17, 15) is 19.2 Å². The number of hydrogen-bond acceptors (Lipinski definition) is 6. The van der Waals surface area contributed by atoms with Gasteiger partial charge in [0.2, 0.25) is 0 Å². The SMILES string of the molecule is C[C@@H](OC(=O)CCCN1C(=O)NC(C)(C)C1=O)C(=O)Nc1cccnc1Cl. The number of anilines is 1. The molecule has 0 spiro atoms. The summed E-state index contributed by atoms with van der Waals surface area (Å²) in [7, 11) is 0. The number of esters is 1. The topological polar surface area (TPSA) is 118 Å². The average Bonchev–Trinajstić information content (AvgIpc) is 2.78. The van der Waals surface area contributed by atoms with Gasteiger partial charge in [-0.1, -0.05) is 11.6 Å². The first-order chi connectivity index (χ1) is 12.6. The summed E-state index contributed by atoms with van der Waals surface area (Å²) in [4.78, 5) is 52.6. The highest BCUT2D eigenvalue weighted by atomic mass is 35.5. The maximum Gasteiger partial charge on any atom is 0.325 e. The molecule has 1 fully saturated rings. The number of urea groups is 1. The minimum atomic E-state index is -1.04. The first kappa shape index (κ1) is 20.6. The number of halogens is 1. The third kappa shape index (κ3) is 5.16. The van der Waals surface area contributed by atoms with E-state index in [4.69, 9.17) is 16.3 Å². The lowest BCUT2D eigenvalue weighted by atomic mass is 10.1. The van der Waals surface area contributed by atoms with E-state index >= 15 is 0 Å². The van der Waals surface area contributed by atoms with Gasteiger partial charge in [-0.2, -0.15) is 0 Å². The normalized spacial score (nSPS) is 16.7. The van der Waals surface area contributed by atoms with Gasteiger partial charge in [0.05, 0.1) is 5.69 Å². The molecule has 9 nitrogen and oxygen atoms in total. The van der Waals surface area contributed by atoms with Crippen LogP contribution in [-0.2, 0) is 19.1 Å². The standard InChI is InChI=1S/C17H21ClN4O5/c1-10(14(24)20-11-6-4-8-19-13(11)18)27-12(23)7-5-9-22-15(25)17(2,3)21-16(22)26/h4,6,8,10H,5,7,9H2,1-3H3,(H,20,24)(H,21,26)/t10-/m1/s1. The molecule has 0 saturated carbocycles. The van der Waals surface area contributed by atoms with Crippen LogP contribution in [0.25, 0.3) is 0 Å². The molecule has 0 radical (unpaired) electrons. The molecular weight excluding hydrogens is 376 g/mol. The van der Waals surface area contributed by atoms with Gasteiger partial charge in [-0.05, 0) is 39.3 Å². The van der Waals surface area contributed by atoms with Crippen LogP contribution in [0.15, 0.2) is 18.3 Å². The molecule has 2 N–H and O–H groups in total. The Kier molecular flexibility index (Phi) is 6.37. The first-order valence-electron chi connectivity index (χ1n) is 8.37. The van der Waals surface area contributed by atoms with E-state index in [0.717, 1.165) is 4.90 Å². The molecule has 0 bridgehead atoms. The maximum absolute atomic E-state index is 12.1. The molecule has 2 heterocycles. The van der Waals surface area contributed by atoms with Crippen molar-refractivity contribution in [3.8, 4) is 0 Å². The molecule has 2 rings (SSSR count). The number of hydrogen-bond donors (Lipinski definition) is 2. The maximum atomic E-state index is 12.1. The van der Waals surface area contributed by atoms with Gasteiger partial charge in [0.1, 0.15) is 5.54 Å². The minimum absolute atomic E-state index is 0.0389. The van der Waals surface area contributed by atoms with Crippen LogP contribution in [-0.4, -0.2) is 51.9 Å². The van der Waals surface area contributed by atoms with Crippen LogP contribution < -0.4 is 10.6 Å². The van der Waals surface area contributed by atoms with Gasteiger partial charge in [0, 0.05) is 19.2 Å². The molecule has 4 amide bonds. The van der Waals surface area contributed by atoms with Crippen molar-refractivity contribution in [1.82, 2.24) is 15.2 Å². The van der Waals surface area contributed by atoms with Crippen LogP contribution in [0, 0.1) is 0 Å².